The van der Waals surface area contributed by atoms with Gasteiger partial charge in [-0.1, -0.05) is 0 Å². The molecule has 0 unspecified atom stereocenters. The van der Waals surface area contributed by atoms with Crippen LogP contribution in [0.1, 0.15) is 5.56 Å². The highest BCUT2D eigenvalue weighted by molar-refractivity contribution is 9.10. The van der Waals surface area contributed by atoms with Gasteiger partial charge in [-0.05, 0) is 28.4 Å². The number of hydrogen-bond donors (Lipinski definition) is 0. The Hall–Kier alpha value is -1.28. The van der Waals surface area contributed by atoms with Gasteiger partial charge in [-0.25, -0.2) is 18.4 Å². The summed E-state index contributed by atoms with van der Waals surface area (Å²) in [5.41, 5.74) is 0.824. The van der Waals surface area contributed by atoms with Crippen LogP contribution in [-0.4, -0.2) is 33.9 Å². The lowest BCUT2D eigenvalue weighted by atomic mass is 10.4. The molecule has 0 fully saturated rings. The molecule has 0 aliphatic heterocycles. The van der Waals surface area contributed by atoms with E-state index in [-0.39, 0.29) is 17.5 Å². The first kappa shape index (κ1) is 13.2. The van der Waals surface area contributed by atoms with Crippen molar-refractivity contribution in [2.45, 2.75) is 18.6 Å². The van der Waals surface area contributed by atoms with Crippen molar-refractivity contribution in [3.05, 3.63) is 34.8 Å². The Balaban J connectivity index is 2.10. The van der Waals surface area contributed by atoms with Crippen LogP contribution in [0.2, 0.25) is 0 Å². The van der Waals surface area contributed by atoms with Crippen molar-refractivity contribution >= 4 is 25.8 Å². The van der Waals surface area contributed by atoms with Crippen LogP contribution in [0.25, 0.3) is 0 Å². The Bertz CT molecular complexity index is 636. The van der Waals surface area contributed by atoms with Crippen LogP contribution in [-0.2, 0) is 16.4 Å². The summed E-state index contributed by atoms with van der Waals surface area (Å²) in [6.45, 7) is 2.07. The third kappa shape index (κ3) is 3.14. The summed E-state index contributed by atoms with van der Waals surface area (Å²) in [5, 5.41) is 3.85. The Morgan fingerprint density at radius 2 is 1.94 bits per heavy atom. The number of halogens is 1. The zero-order valence-electron chi connectivity index (χ0n) is 9.62. The molecule has 0 radical (unpaired) electrons. The van der Waals surface area contributed by atoms with E-state index in [4.69, 9.17) is 0 Å². The van der Waals surface area contributed by atoms with Gasteiger partial charge in [0.05, 0.1) is 23.0 Å². The van der Waals surface area contributed by atoms with E-state index in [0.29, 0.717) is 0 Å². The van der Waals surface area contributed by atoms with Crippen LogP contribution in [0.4, 0.5) is 0 Å². The maximum Gasteiger partial charge on any atom is 0.247 e. The smallest absolute Gasteiger partial charge is 0.247 e. The second kappa shape index (κ2) is 5.15. The van der Waals surface area contributed by atoms with Gasteiger partial charge in [-0.3, -0.25) is 4.68 Å². The van der Waals surface area contributed by atoms with Gasteiger partial charge in [0.2, 0.25) is 15.0 Å². The molecule has 2 aromatic rings. The van der Waals surface area contributed by atoms with Gasteiger partial charge >= 0.3 is 0 Å². The fourth-order valence-corrected chi connectivity index (χ4v) is 2.67. The monoisotopic (exact) mass is 330 g/mol. The lowest BCUT2D eigenvalue weighted by Gasteiger charge is -2.03. The van der Waals surface area contributed by atoms with Crippen LogP contribution >= 0.6 is 15.9 Å². The standard InChI is InChI=1S/C10H11BrN4O2S/c1-8-4-12-10(13-5-8)18(16,17)3-2-15-7-9(11)6-14-15/h4-7H,2-3H2,1H3. The molecule has 0 saturated carbocycles. The number of rotatable bonds is 4. The number of nitrogens with zero attached hydrogens (tertiary/aromatic N) is 4. The van der Waals surface area contributed by atoms with Gasteiger partial charge in [0.25, 0.3) is 0 Å². The molecule has 0 aliphatic carbocycles. The molecular formula is C10H11BrN4O2S. The average molecular weight is 331 g/mol. The Morgan fingerprint density at radius 1 is 1.28 bits per heavy atom. The molecule has 2 heterocycles. The summed E-state index contributed by atoms with van der Waals surface area (Å²) in [6, 6.07) is 0. The number of hydrogen-bond acceptors (Lipinski definition) is 5. The summed E-state index contributed by atoms with van der Waals surface area (Å²) in [6.07, 6.45) is 6.30. The van der Waals surface area contributed by atoms with E-state index in [2.05, 4.69) is 31.0 Å². The quantitative estimate of drug-likeness (QED) is 0.787. The van der Waals surface area contributed by atoms with Crippen molar-refractivity contribution in [3.8, 4) is 0 Å². The minimum absolute atomic E-state index is 0.0792. The molecule has 0 aromatic carbocycles. The van der Waals surface area contributed by atoms with Crippen molar-refractivity contribution in [2.24, 2.45) is 0 Å². The zero-order valence-corrected chi connectivity index (χ0v) is 12.0. The van der Waals surface area contributed by atoms with Crippen molar-refractivity contribution in [2.75, 3.05) is 5.75 Å². The molecule has 0 N–H and O–H groups in total. The van der Waals surface area contributed by atoms with Crippen molar-refractivity contribution in [3.63, 3.8) is 0 Å². The molecule has 0 atom stereocenters. The minimum Gasteiger partial charge on any atom is -0.271 e. The molecule has 0 saturated heterocycles. The van der Waals surface area contributed by atoms with E-state index >= 15 is 0 Å². The highest BCUT2D eigenvalue weighted by atomic mass is 79.9. The normalized spacial score (nSPS) is 11.7. The summed E-state index contributed by atoms with van der Waals surface area (Å²) in [5.74, 6) is -0.0792. The SMILES string of the molecule is Cc1cnc(S(=O)(=O)CCn2cc(Br)cn2)nc1. The number of aryl methyl sites for hydroxylation is 2. The molecule has 0 bridgehead atoms. The van der Waals surface area contributed by atoms with Crippen LogP contribution in [0.15, 0.2) is 34.4 Å². The fraction of sp³-hybridized carbons (Fsp3) is 0.300. The molecule has 2 rings (SSSR count). The molecule has 18 heavy (non-hydrogen) atoms. The molecule has 6 nitrogen and oxygen atoms in total. The average Bonchev–Trinajstić information content (AvgIpc) is 2.73. The lowest BCUT2D eigenvalue weighted by molar-refractivity contribution is 0.572. The van der Waals surface area contributed by atoms with Crippen LogP contribution in [0.3, 0.4) is 0 Å². The molecule has 2 aromatic heterocycles. The van der Waals surface area contributed by atoms with E-state index in [1.807, 2.05) is 0 Å². The molecule has 0 spiro atoms. The lowest BCUT2D eigenvalue weighted by Crippen LogP contribution is -2.16. The number of sulfone groups is 1. The summed E-state index contributed by atoms with van der Waals surface area (Å²) in [7, 11) is -3.46. The van der Waals surface area contributed by atoms with E-state index in [1.54, 1.807) is 24.0 Å². The maximum atomic E-state index is 11.9. The van der Waals surface area contributed by atoms with Gasteiger partial charge in [0, 0.05) is 18.6 Å². The minimum atomic E-state index is -3.46. The second-order valence-corrected chi connectivity index (χ2v) is 6.70. The third-order valence-electron chi connectivity index (χ3n) is 2.23. The third-order valence-corrected chi connectivity index (χ3v) is 4.12. The zero-order chi connectivity index (χ0) is 13.2. The van der Waals surface area contributed by atoms with Gasteiger partial charge in [-0.2, -0.15) is 5.10 Å². The summed E-state index contributed by atoms with van der Waals surface area (Å²) >= 11 is 3.25. The van der Waals surface area contributed by atoms with Gasteiger partial charge in [0.15, 0.2) is 0 Å². The van der Waals surface area contributed by atoms with Gasteiger partial charge in [0.1, 0.15) is 0 Å². The second-order valence-electron chi connectivity index (χ2n) is 3.78. The first-order chi connectivity index (χ1) is 8.47. The molecule has 0 aliphatic rings. The predicted octanol–water partition coefficient (Wildman–Crippen LogP) is 1.22. The van der Waals surface area contributed by atoms with E-state index in [1.165, 1.54) is 12.4 Å². The highest BCUT2D eigenvalue weighted by Crippen LogP contribution is 2.08. The van der Waals surface area contributed by atoms with E-state index in [9.17, 15) is 8.42 Å². The molecule has 0 amide bonds. The maximum absolute atomic E-state index is 11.9. The van der Waals surface area contributed by atoms with Crippen LogP contribution < -0.4 is 0 Å². The first-order valence-electron chi connectivity index (χ1n) is 5.17. The fourth-order valence-electron chi connectivity index (χ4n) is 1.31. The van der Waals surface area contributed by atoms with E-state index < -0.39 is 9.84 Å². The van der Waals surface area contributed by atoms with Crippen LogP contribution in [0, 0.1) is 6.92 Å². The summed E-state index contributed by atoms with van der Waals surface area (Å²) < 4.78 is 26.3. The van der Waals surface area contributed by atoms with E-state index in [0.717, 1.165) is 10.0 Å². The van der Waals surface area contributed by atoms with Gasteiger partial charge < -0.3 is 0 Å². The highest BCUT2D eigenvalue weighted by Gasteiger charge is 2.17. The largest absolute Gasteiger partial charge is 0.271 e. The Labute approximate surface area is 113 Å². The molecular weight excluding hydrogens is 320 g/mol. The van der Waals surface area contributed by atoms with Crippen molar-refractivity contribution in [1.29, 1.82) is 0 Å². The van der Waals surface area contributed by atoms with Gasteiger partial charge in [-0.15, -0.1) is 0 Å². The van der Waals surface area contributed by atoms with Crippen molar-refractivity contribution < 1.29 is 8.42 Å². The van der Waals surface area contributed by atoms with Crippen molar-refractivity contribution in [1.82, 2.24) is 19.7 Å². The van der Waals surface area contributed by atoms with Crippen LogP contribution in [0.5, 0.6) is 0 Å². The predicted molar refractivity (Wildman–Crippen MR) is 68.7 cm³/mol. The Kier molecular flexibility index (Phi) is 3.76. The summed E-state index contributed by atoms with van der Waals surface area (Å²) in [4.78, 5) is 7.66. The topological polar surface area (TPSA) is 77.7 Å². The Morgan fingerprint density at radius 3 is 2.50 bits per heavy atom. The number of aromatic nitrogens is 4. The molecule has 96 valence electrons. The molecule has 8 heteroatoms. The first-order valence-corrected chi connectivity index (χ1v) is 7.61.